The third-order valence-corrected chi connectivity index (χ3v) is 2.66. The quantitative estimate of drug-likeness (QED) is 0.595. The molecule has 2 heteroatoms. The molecule has 0 spiro atoms. The Morgan fingerprint density at radius 1 is 1.33 bits per heavy atom. The normalized spacial score (nSPS) is 29.8. The third kappa shape index (κ3) is 3.24. The summed E-state index contributed by atoms with van der Waals surface area (Å²) in [5.74, 6) is 1.36. The van der Waals surface area contributed by atoms with Crippen molar-refractivity contribution in [3.63, 3.8) is 0 Å². The lowest BCUT2D eigenvalue weighted by atomic mass is 9.83. The van der Waals surface area contributed by atoms with E-state index in [1.807, 2.05) is 0 Å². The molecule has 0 N–H and O–H groups in total. The predicted octanol–water partition coefficient (Wildman–Crippen LogP) is 2.38. The Bertz CT molecular complexity index is 146. The van der Waals surface area contributed by atoms with Gasteiger partial charge in [0, 0.05) is 6.92 Å². The monoisotopic (exact) mass is 170 g/mol. The first-order valence-electron chi connectivity index (χ1n) is 4.82. The molecule has 1 aliphatic rings. The Balaban J connectivity index is 2.13. The van der Waals surface area contributed by atoms with Gasteiger partial charge in [0.15, 0.2) is 0 Å². The van der Waals surface area contributed by atoms with Crippen LogP contribution in [0, 0.1) is 11.8 Å². The van der Waals surface area contributed by atoms with Crippen LogP contribution < -0.4 is 0 Å². The zero-order valence-corrected chi connectivity index (χ0v) is 8.01. The molecule has 0 aromatic rings. The van der Waals surface area contributed by atoms with Crippen molar-refractivity contribution in [2.24, 2.45) is 11.8 Å². The van der Waals surface area contributed by atoms with Crippen LogP contribution in [-0.2, 0) is 9.53 Å². The summed E-state index contributed by atoms with van der Waals surface area (Å²) in [4.78, 5) is 10.5. The summed E-state index contributed by atoms with van der Waals surface area (Å²) in [5, 5.41) is 0. The highest BCUT2D eigenvalue weighted by atomic mass is 16.5. The molecule has 0 aromatic carbocycles. The summed E-state index contributed by atoms with van der Waals surface area (Å²) in [7, 11) is 0. The zero-order chi connectivity index (χ0) is 8.97. The van der Waals surface area contributed by atoms with Gasteiger partial charge in [-0.2, -0.15) is 0 Å². The predicted molar refractivity (Wildman–Crippen MR) is 47.8 cm³/mol. The third-order valence-electron chi connectivity index (χ3n) is 2.66. The molecule has 1 aliphatic carbocycles. The van der Waals surface area contributed by atoms with Crippen molar-refractivity contribution in [3.8, 4) is 0 Å². The molecule has 0 amide bonds. The standard InChI is InChI=1S/C10H18O2/c1-8-3-5-10(6-4-8)7-12-9(2)11/h8,10H,3-7H2,1-2H3. The molecule has 1 saturated carbocycles. The second kappa shape index (κ2) is 4.48. The minimum Gasteiger partial charge on any atom is -0.466 e. The fourth-order valence-electron chi connectivity index (χ4n) is 1.73. The van der Waals surface area contributed by atoms with E-state index in [0.717, 1.165) is 5.92 Å². The molecule has 1 fully saturated rings. The SMILES string of the molecule is CC(=O)OCC1CCC(C)CC1. The minimum absolute atomic E-state index is 0.145. The smallest absolute Gasteiger partial charge is 0.302 e. The molecule has 0 aliphatic heterocycles. The molecule has 0 saturated heterocycles. The van der Waals surface area contributed by atoms with Crippen molar-refractivity contribution >= 4 is 5.97 Å². The van der Waals surface area contributed by atoms with Crippen LogP contribution >= 0.6 is 0 Å². The lowest BCUT2D eigenvalue weighted by molar-refractivity contribution is -0.142. The molecule has 0 bridgehead atoms. The maximum Gasteiger partial charge on any atom is 0.302 e. The molecule has 1 rings (SSSR count). The highest BCUT2D eigenvalue weighted by Gasteiger charge is 2.18. The molecule has 0 radical (unpaired) electrons. The second-order valence-corrected chi connectivity index (χ2v) is 3.93. The topological polar surface area (TPSA) is 26.3 Å². The van der Waals surface area contributed by atoms with Crippen molar-refractivity contribution in [2.45, 2.75) is 39.5 Å². The summed E-state index contributed by atoms with van der Waals surface area (Å²) >= 11 is 0. The van der Waals surface area contributed by atoms with Gasteiger partial charge in [0.2, 0.25) is 0 Å². The molecule has 0 aromatic heterocycles. The molecule has 0 atom stereocenters. The fraction of sp³-hybridized carbons (Fsp3) is 0.900. The maximum absolute atomic E-state index is 10.5. The van der Waals surface area contributed by atoms with Gasteiger partial charge in [-0.25, -0.2) is 0 Å². The number of carbonyl (C=O) groups is 1. The Kier molecular flexibility index (Phi) is 3.57. The number of carbonyl (C=O) groups excluding carboxylic acids is 1. The van der Waals surface area contributed by atoms with E-state index in [1.165, 1.54) is 32.6 Å². The summed E-state index contributed by atoms with van der Waals surface area (Å²) in [6, 6.07) is 0. The number of ether oxygens (including phenoxy) is 1. The van der Waals surface area contributed by atoms with Crippen LogP contribution in [0.25, 0.3) is 0 Å². The largest absolute Gasteiger partial charge is 0.466 e. The minimum atomic E-state index is -0.145. The van der Waals surface area contributed by atoms with Crippen LogP contribution in [0.5, 0.6) is 0 Å². The van der Waals surface area contributed by atoms with Crippen LogP contribution in [0.4, 0.5) is 0 Å². The molecular formula is C10H18O2. The van der Waals surface area contributed by atoms with E-state index < -0.39 is 0 Å². The molecule has 12 heavy (non-hydrogen) atoms. The van der Waals surface area contributed by atoms with E-state index in [9.17, 15) is 4.79 Å². The molecular weight excluding hydrogens is 152 g/mol. The van der Waals surface area contributed by atoms with Gasteiger partial charge in [-0.3, -0.25) is 4.79 Å². The summed E-state index contributed by atoms with van der Waals surface area (Å²) in [6.07, 6.45) is 5.06. The molecule has 0 heterocycles. The lowest BCUT2D eigenvalue weighted by Crippen LogP contribution is -2.18. The Morgan fingerprint density at radius 3 is 2.42 bits per heavy atom. The highest BCUT2D eigenvalue weighted by molar-refractivity contribution is 5.65. The fourth-order valence-corrected chi connectivity index (χ4v) is 1.73. The van der Waals surface area contributed by atoms with Gasteiger partial charge in [-0.1, -0.05) is 19.8 Å². The van der Waals surface area contributed by atoms with Crippen LogP contribution in [0.2, 0.25) is 0 Å². The number of rotatable bonds is 2. The van der Waals surface area contributed by atoms with E-state index in [2.05, 4.69) is 6.92 Å². The average Bonchev–Trinajstić information content (AvgIpc) is 2.03. The first kappa shape index (κ1) is 9.56. The van der Waals surface area contributed by atoms with Gasteiger partial charge in [-0.05, 0) is 24.7 Å². The van der Waals surface area contributed by atoms with Crippen LogP contribution in [-0.4, -0.2) is 12.6 Å². The van der Waals surface area contributed by atoms with Crippen molar-refractivity contribution in [2.75, 3.05) is 6.61 Å². The first-order valence-corrected chi connectivity index (χ1v) is 4.82. The van der Waals surface area contributed by atoms with E-state index >= 15 is 0 Å². The van der Waals surface area contributed by atoms with Gasteiger partial charge >= 0.3 is 5.97 Å². The van der Waals surface area contributed by atoms with Gasteiger partial charge < -0.3 is 4.74 Å². The van der Waals surface area contributed by atoms with Gasteiger partial charge in [0.05, 0.1) is 6.61 Å². The number of hydrogen-bond donors (Lipinski definition) is 0. The van der Waals surface area contributed by atoms with E-state index in [-0.39, 0.29) is 5.97 Å². The van der Waals surface area contributed by atoms with Crippen molar-refractivity contribution in [1.29, 1.82) is 0 Å². The van der Waals surface area contributed by atoms with Crippen LogP contribution in [0.1, 0.15) is 39.5 Å². The van der Waals surface area contributed by atoms with Crippen LogP contribution in [0.3, 0.4) is 0 Å². The van der Waals surface area contributed by atoms with Crippen molar-refractivity contribution in [3.05, 3.63) is 0 Å². The van der Waals surface area contributed by atoms with E-state index in [4.69, 9.17) is 4.74 Å². The van der Waals surface area contributed by atoms with Crippen molar-refractivity contribution < 1.29 is 9.53 Å². The Morgan fingerprint density at radius 2 is 1.92 bits per heavy atom. The van der Waals surface area contributed by atoms with E-state index in [0.29, 0.717) is 12.5 Å². The molecule has 70 valence electrons. The zero-order valence-electron chi connectivity index (χ0n) is 8.01. The number of hydrogen-bond acceptors (Lipinski definition) is 2. The van der Waals surface area contributed by atoms with E-state index in [1.54, 1.807) is 0 Å². The second-order valence-electron chi connectivity index (χ2n) is 3.93. The first-order chi connectivity index (χ1) is 5.68. The summed E-state index contributed by atoms with van der Waals surface area (Å²) in [6.45, 7) is 4.41. The maximum atomic E-state index is 10.5. The van der Waals surface area contributed by atoms with Crippen molar-refractivity contribution in [1.82, 2.24) is 0 Å². The van der Waals surface area contributed by atoms with Gasteiger partial charge in [-0.15, -0.1) is 0 Å². The molecule has 2 nitrogen and oxygen atoms in total. The number of esters is 1. The Labute approximate surface area is 74.3 Å². The Hall–Kier alpha value is -0.530. The summed E-state index contributed by atoms with van der Waals surface area (Å²) in [5.41, 5.74) is 0. The molecule has 0 unspecified atom stereocenters. The summed E-state index contributed by atoms with van der Waals surface area (Å²) < 4.78 is 4.98. The van der Waals surface area contributed by atoms with Crippen LogP contribution in [0.15, 0.2) is 0 Å². The van der Waals surface area contributed by atoms with Gasteiger partial charge in [0.1, 0.15) is 0 Å². The van der Waals surface area contributed by atoms with Gasteiger partial charge in [0.25, 0.3) is 0 Å². The average molecular weight is 170 g/mol. The lowest BCUT2D eigenvalue weighted by Gasteiger charge is -2.25. The highest BCUT2D eigenvalue weighted by Crippen LogP contribution is 2.28.